The van der Waals surface area contributed by atoms with Crippen LogP contribution in [0.1, 0.15) is 11.3 Å². The second kappa shape index (κ2) is 4.74. The van der Waals surface area contributed by atoms with Crippen molar-refractivity contribution in [3.05, 3.63) is 54.1 Å². The van der Waals surface area contributed by atoms with Gasteiger partial charge in [-0.15, -0.1) is 10.2 Å². The Morgan fingerprint density at radius 3 is 2.61 bits per heavy atom. The van der Waals surface area contributed by atoms with Gasteiger partial charge in [0.1, 0.15) is 12.0 Å². The third-order valence-corrected chi connectivity index (χ3v) is 2.49. The first kappa shape index (κ1) is 10.6. The van der Waals surface area contributed by atoms with E-state index in [-0.39, 0.29) is 0 Å². The SMILES string of the molecule is c1ccc(Cn2cc(Cn3cnnn3)nn2)cc1. The molecular formula is C11H11N7. The van der Waals surface area contributed by atoms with Crippen LogP contribution in [-0.2, 0) is 13.1 Å². The van der Waals surface area contributed by atoms with Gasteiger partial charge in [0.2, 0.25) is 0 Å². The lowest BCUT2D eigenvalue weighted by Gasteiger charge is -1.99. The molecule has 0 unspecified atom stereocenters. The molecule has 0 saturated carbocycles. The van der Waals surface area contributed by atoms with Crippen molar-refractivity contribution in [2.75, 3.05) is 0 Å². The topological polar surface area (TPSA) is 74.3 Å². The average Bonchev–Trinajstić information content (AvgIpc) is 3.03. The summed E-state index contributed by atoms with van der Waals surface area (Å²) in [6, 6.07) is 10.1. The number of hydrogen-bond donors (Lipinski definition) is 0. The van der Waals surface area contributed by atoms with Gasteiger partial charge in [0, 0.05) is 0 Å². The molecule has 0 fully saturated rings. The van der Waals surface area contributed by atoms with Crippen molar-refractivity contribution in [1.82, 2.24) is 35.2 Å². The highest BCUT2D eigenvalue weighted by atomic mass is 15.5. The first-order valence-corrected chi connectivity index (χ1v) is 5.54. The molecule has 2 aromatic heterocycles. The van der Waals surface area contributed by atoms with Gasteiger partial charge in [0.15, 0.2) is 0 Å². The number of benzene rings is 1. The van der Waals surface area contributed by atoms with E-state index in [4.69, 9.17) is 0 Å². The Kier molecular flexibility index (Phi) is 2.79. The molecule has 0 N–H and O–H groups in total. The predicted molar refractivity (Wildman–Crippen MR) is 62.5 cm³/mol. The van der Waals surface area contributed by atoms with Crippen molar-refractivity contribution < 1.29 is 0 Å². The lowest BCUT2D eigenvalue weighted by molar-refractivity contribution is 0.632. The van der Waals surface area contributed by atoms with Gasteiger partial charge in [-0.1, -0.05) is 35.5 Å². The normalized spacial score (nSPS) is 10.7. The van der Waals surface area contributed by atoms with E-state index in [9.17, 15) is 0 Å². The Hall–Kier alpha value is -2.57. The zero-order valence-electron chi connectivity index (χ0n) is 9.59. The molecule has 0 bridgehead atoms. The maximum atomic E-state index is 4.08. The molecule has 2 heterocycles. The summed E-state index contributed by atoms with van der Waals surface area (Å²) in [7, 11) is 0. The van der Waals surface area contributed by atoms with E-state index >= 15 is 0 Å². The summed E-state index contributed by atoms with van der Waals surface area (Å²) < 4.78 is 3.41. The molecule has 0 aliphatic rings. The molecule has 1 aromatic carbocycles. The minimum atomic E-state index is 0.530. The molecule has 0 spiro atoms. The minimum Gasteiger partial charge on any atom is -0.248 e. The van der Waals surface area contributed by atoms with Crippen molar-refractivity contribution in [1.29, 1.82) is 0 Å². The van der Waals surface area contributed by atoms with Gasteiger partial charge in [0.25, 0.3) is 0 Å². The highest BCUT2D eigenvalue weighted by Gasteiger charge is 2.03. The fraction of sp³-hybridized carbons (Fsp3) is 0.182. The first-order chi connectivity index (χ1) is 8.90. The molecule has 0 radical (unpaired) electrons. The van der Waals surface area contributed by atoms with Crippen LogP contribution in [0, 0.1) is 0 Å². The van der Waals surface area contributed by atoms with E-state index < -0.39 is 0 Å². The van der Waals surface area contributed by atoms with Crippen LogP contribution in [-0.4, -0.2) is 35.2 Å². The van der Waals surface area contributed by atoms with Gasteiger partial charge < -0.3 is 0 Å². The average molecular weight is 241 g/mol. The van der Waals surface area contributed by atoms with Crippen LogP contribution in [0.5, 0.6) is 0 Å². The number of nitrogens with zero attached hydrogens (tertiary/aromatic N) is 7. The van der Waals surface area contributed by atoms with Crippen molar-refractivity contribution >= 4 is 0 Å². The van der Waals surface area contributed by atoms with Crippen LogP contribution in [0.3, 0.4) is 0 Å². The third kappa shape index (κ3) is 2.40. The summed E-state index contributed by atoms with van der Waals surface area (Å²) in [6.07, 6.45) is 3.45. The summed E-state index contributed by atoms with van der Waals surface area (Å²) in [6.45, 7) is 1.24. The van der Waals surface area contributed by atoms with Crippen LogP contribution in [0.25, 0.3) is 0 Å². The Labute approximate surface area is 103 Å². The third-order valence-electron chi connectivity index (χ3n) is 2.49. The van der Waals surface area contributed by atoms with Crippen molar-refractivity contribution in [3.63, 3.8) is 0 Å². The monoisotopic (exact) mass is 241 g/mol. The maximum Gasteiger partial charge on any atom is 0.138 e. The van der Waals surface area contributed by atoms with Crippen LogP contribution < -0.4 is 0 Å². The Morgan fingerprint density at radius 1 is 0.944 bits per heavy atom. The molecule has 18 heavy (non-hydrogen) atoms. The van der Waals surface area contributed by atoms with Crippen molar-refractivity contribution in [2.45, 2.75) is 13.1 Å². The molecule has 0 amide bonds. The predicted octanol–water partition coefficient (Wildman–Crippen LogP) is 0.361. The smallest absolute Gasteiger partial charge is 0.138 e. The molecule has 0 aliphatic heterocycles. The molecule has 3 rings (SSSR count). The fourth-order valence-corrected chi connectivity index (χ4v) is 1.68. The second-order valence-corrected chi connectivity index (χ2v) is 3.90. The van der Waals surface area contributed by atoms with Gasteiger partial charge in [0.05, 0.1) is 19.3 Å². The lowest BCUT2D eigenvalue weighted by atomic mass is 10.2. The maximum absolute atomic E-state index is 4.08. The first-order valence-electron chi connectivity index (χ1n) is 5.54. The van der Waals surface area contributed by atoms with Crippen LogP contribution in [0.2, 0.25) is 0 Å². The summed E-state index contributed by atoms with van der Waals surface area (Å²) in [5.74, 6) is 0. The van der Waals surface area contributed by atoms with Crippen molar-refractivity contribution in [3.8, 4) is 0 Å². The molecule has 0 atom stereocenters. The van der Waals surface area contributed by atoms with Gasteiger partial charge in [-0.2, -0.15) is 0 Å². The number of rotatable bonds is 4. The summed E-state index contributed by atoms with van der Waals surface area (Å²) in [5.41, 5.74) is 2.02. The summed E-state index contributed by atoms with van der Waals surface area (Å²) in [5, 5.41) is 19.1. The number of tetrazole rings is 1. The van der Waals surface area contributed by atoms with Gasteiger partial charge in [-0.25, -0.2) is 9.36 Å². The lowest BCUT2D eigenvalue weighted by Crippen LogP contribution is -2.01. The largest absolute Gasteiger partial charge is 0.248 e. The van der Waals surface area contributed by atoms with E-state index in [2.05, 4.69) is 38.0 Å². The Bertz CT molecular complexity index is 599. The standard InChI is InChI=1S/C11H11N7/c1-2-4-10(5-3-1)6-17-7-11(13-15-17)8-18-9-12-14-16-18/h1-5,7,9H,6,8H2. The molecule has 7 heteroatoms. The number of hydrogen-bond acceptors (Lipinski definition) is 5. The Morgan fingerprint density at radius 2 is 1.83 bits per heavy atom. The zero-order valence-corrected chi connectivity index (χ0v) is 9.59. The molecule has 7 nitrogen and oxygen atoms in total. The molecule has 0 saturated heterocycles. The quantitative estimate of drug-likeness (QED) is 0.659. The minimum absolute atomic E-state index is 0.530. The molecule has 3 aromatic rings. The highest BCUT2D eigenvalue weighted by molar-refractivity contribution is 5.14. The Balaban J connectivity index is 1.70. The zero-order chi connectivity index (χ0) is 12.2. The van der Waals surface area contributed by atoms with E-state index in [1.165, 1.54) is 5.56 Å². The van der Waals surface area contributed by atoms with Crippen LogP contribution in [0.4, 0.5) is 0 Å². The highest BCUT2D eigenvalue weighted by Crippen LogP contribution is 2.02. The summed E-state index contributed by atoms with van der Waals surface area (Å²) in [4.78, 5) is 0. The van der Waals surface area contributed by atoms with E-state index in [1.807, 2.05) is 24.4 Å². The van der Waals surface area contributed by atoms with Crippen LogP contribution >= 0.6 is 0 Å². The molecule has 0 aliphatic carbocycles. The van der Waals surface area contributed by atoms with Crippen molar-refractivity contribution in [2.24, 2.45) is 0 Å². The summed E-state index contributed by atoms with van der Waals surface area (Å²) >= 11 is 0. The molecular weight excluding hydrogens is 230 g/mol. The number of aromatic nitrogens is 7. The second-order valence-electron chi connectivity index (χ2n) is 3.90. The molecule has 90 valence electrons. The van der Waals surface area contributed by atoms with Gasteiger partial charge >= 0.3 is 0 Å². The van der Waals surface area contributed by atoms with Gasteiger partial charge in [-0.3, -0.25) is 0 Å². The van der Waals surface area contributed by atoms with E-state index in [0.29, 0.717) is 13.1 Å². The van der Waals surface area contributed by atoms with Gasteiger partial charge in [-0.05, 0) is 16.0 Å². The fourth-order valence-electron chi connectivity index (χ4n) is 1.68. The van der Waals surface area contributed by atoms with Crippen LogP contribution in [0.15, 0.2) is 42.9 Å². The van der Waals surface area contributed by atoms with E-state index in [0.717, 1.165) is 5.69 Å². The van der Waals surface area contributed by atoms with E-state index in [1.54, 1.807) is 15.7 Å².